The zero-order valence-electron chi connectivity index (χ0n) is 17.6. The van der Waals surface area contributed by atoms with E-state index in [-0.39, 0.29) is 11.8 Å². The Morgan fingerprint density at radius 2 is 1.90 bits per heavy atom. The molecule has 5 nitrogen and oxygen atoms in total. The van der Waals surface area contributed by atoms with E-state index in [1.807, 2.05) is 43.5 Å². The predicted molar refractivity (Wildman–Crippen MR) is 121 cm³/mol. The SMILES string of the molecule is Cc1cc([C@@H](CCc2ccc(N3CC(C(=O)O)C3)cc2)c2ccccc2C=O)ccn1. The van der Waals surface area contributed by atoms with Gasteiger partial charge in [0.15, 0.2) is 0 Å². The van der Waals surface area contributed by atoms with Crippen molar-refractivity contribution in [3.8, 4) is 0 Å². The Hall–Kier alpha value is -3.47. The number of carboxylic acid groups (broad SMARTS) is 1. The minimum Gasteiger partial charge on any atom is -0.481 e. The molecule has 1 N–H and O–H groups in total. The van der Waals surface area contributed by atoms with Crippen molar-refractivity contribution >= 4 is 17.9 Å². The molecule has 0 aliphatic carbocycles. The topological polar surface area (TPSA) is 70.5 Å². The van der Waals surface area contributed by atoms with Crippen LogP contribution in [0, 0.1) is 12.8 Å². The van der Waals surface area contributed by atoms with E-state index < -0.39 is 5.97 Å². The van der Waals surface area contributed by atoms with E-state index in [1.165, 1.54) is 11.1 Å². The average molecular weight is 415 g/mol. The Morgan fingerprint density at radius 3 is 2.58 bits per heavy atom. The van der Waals surface area contributed by atoms with Crippen LogP contribution in [-0.4, -0.2) is 35.4 Å². The summed E-state index contributed by atoms with van der Waals surface area (Å²) in [6.07, 6.45) is 4.51. The molecule has 4 rings (SSSR count). The first-order valence-corrected chi connectivity index (χ1v) is 10.6. The molecule has 2 aromatic carbocycles. The number of carboxylic acids is 1. The Morgan fingerprint density at radius 1 is 1.16 bits per heavy atom. The van der Waals surface area contributed by atoms with Gasteiger partial charge in [0.2, 0.25) is 0 Å². The van der Waals surface area contributed by atoms with E-state index in [2.05, 4.69) is 40.2 Å². The largest absolute Gasteiger partial charge is 0.481 e. The highest BCUT2D eigenvalue weighted by molar-refractivity contribution is 5.78. The molecule has 0 bridgehead atoms. The lowest BCUT2D eigenvalue weighted by Gasteiger charge is -2.38. The van der Waals surface area contributed by atoms with Gasteiger partial charge in [-0.3, -0.25) is 14.6 Å². The summed E-state index contributed by atoms with van der Waals surface area (Å²) in [6.45, 7) is 3.12. The van der Waals surface area contributed by atoms with Gasteiger partial charge in [-0.25, -0.2) is 0 Å². The molecule has 0 radical (unpaired) electrons. The molecular weight excluding hydrogens is 388 g/mol. The molecule has 1 atom stereocenters. The first-order chi connectivity index (χ1) is 15.0. The van der Waals surface area contributed by atoms with Gasteiger partial charge in [0.25, 0.3) is 0 Å². The second-order valence-electron chi connectivity index (χ2n) is 8.18. The summed E-state index contributed by atoms with van der Waals surface area (Å²) in [5.41, 5.74) is 6.18. The highest BCUT2D eigenvalue weighted by atomic mass is 16.4. The van der Waals surface area contributed by atoms with Crippen molar-refractivity contribution in [1.29, 1.82) is 0 Å². The van der Waals surface area contributed by atoms with E-state index in [4.69, 9.17) is 5.11 Å². The third-order valence-corrected chi connectivity index (χ3v) is 6.08. The third kappa shape index (κ3) is 4.66. The Kier molecular flexibility index (Phi) is 6.12. The predicted octanol–water partition coefficient (Wildman–Crippen LogP) is 4.49. The lowest BCUT2D eigenvalue weighted by molar-refractivity contribution is -0.142. The number of carbonyl (C=O) groups is 2. The van der Waals surface area contributed by atoms with Crippen molar-refractivity contribution in [2.45, 2.75) is 25.7 Å². The molecule has 158 valence electrons. The number of anilines is 1. The number of aldehydes is 1. The van der Waals surface area contributed by atoms with Crippen molar-refractivity contribution in [3.63, 3.8) is 0 Å². The summed E-state index contributed by atoms with van der Waals surface area (Å²) in [5, 5.41) is 9.05. The van der Waals surface area contributed by atoms with Crippen molar-refractivity contribution in [1.82, 2.24) is 4.98 Å². The number of pyridine rings is 1. The van der Waals surface area contributed by atoms with E-state index in [0.29, 0.717) is 13.1 Å². The molecular formula is C26H26N2O3. The molecule has 1 aliphatic heterocycles. The number of carbonyl (C=O) groups excluding carboxylic acids is 1. The minimum absolute atomic E-state index is 0.106. The maximum atomic E-state index is 11.7. The second kappa shape index (κ2) is 9.13. The van der Waals surface area contributed by atoms with E-state index in [1.54, 1.807) is 0 Å². The van der Waals surface area contributed by atoms with Crippen LogP contribution < -0.4 is 4.90 Å². The average Bonchev–Trinajstić information content (AvgIpc) is 2.74. The van der Waals surface area contributed by atoms with Crippen LogP contribution >= 0.6 is 0 Å². The van der Waals surface area contributed by atoms with Gasteiger partial charge in [0, 0.05) is 42.1 Å². The maximum Gasteiger partial charge on any atom is 0.310 e. The molecule has 0 amide bonds. The highest BCUT2D eigenvalue weighted by Gasteiger charge is 2.32. The van der Waals surface area contributed by atoms with E-state index >= 15 is 0 Å². The Labute approximate surface area is 182 Å². The number of benzene rings is 2. The summed E-state index contributed by atoms with van der Waals surface area (Å²) in [7, 11) is 0. The summed E-state index contributed by atoms with van der Waals surface area (Å²) in [5.74, 6) is -0.877. The summed E-state index contributed by atoms with van der Waals surface area (Å²) >= 11 is 0. The second-order valence-corrected chi connectivity index (χ2v) is 8.18. The number of rotatable bonds is 8. The van der Waals surface area contributed by atoms with Crippen LogP contribution in [0.5, 0.6) is 0 Å². The van der Waals surface area contributed by atoms with Crippen LogP contribution in [0.1, 0.15) is 45.1 Å². The van der Waals surface area contributed by atoms with Crippen LogP contribution in [0.25, 0.3) is 0 Å². The van der Waals surface area contributed by atoms with Crippen molar-refractivity contribution in [3.05, 3.63) is 94.8 Å². The van der Waals surface area contributed by atoms with Crippen molar-refractivity contribution in [2.24, 2.45) is 5.92 Å². The van der Waals surface area contributed by atoms with Gasteiger partial charge in [-0.2, -0.15) is 0 Å². The normalized spacial score (nSPS) is 14.7. The van der Waals surface area contributed by atoms with Gasteiger partial charge in [0.1, 0.15) is 6.29 Å². The van der Waals surface area contributed by atoms with Gasteiger partial charge in [0.05, 0.1) is 5.92 Å². The van der Waals surface area contributed by atoms with Crippen molar-refractivity contribution in [2.75, 3.05) is 18.0 Å². The zero-order valence-corrected chi connectivity index (χ0v) is 17.6. The molecule has 5 heteroatoms. The Balaban J connectivity index is 1.50. The number of nitrogens with zero attached hydrogens (tertiary/aromatic N) is 2. The number of hydrogen-bond donors (Lipinski definition) is 1. The fourth-order valence-electron chi connectivity index (χ4n) is 4.25. The van der Waals surface area contributed by atoms with Crippen molar-refractivity contribution < 1.29 is 14.7 Å². The molecule has 31 heavy (non-hydrogen) atoms. The molecule has 3 aromatic rings. The molecule has 0 spiro atoms. The summed E-state index contributed by atoms with van der Waals surface area (Å²) < 4.78 is 0. The molecule has 0 saturated carbocycles. The van der Waals surface area contributed by atoms with Crippen LogP contribution in [-0.2, 0) is 11.2 Å². The van der Waals surface area contributed by atoms with Crippen LogP contribution in [0.3, 0.4) is 0 Å². The molecule has 1 fully saturated rings. The fourth-order valence-corrected chi connectivity index (χ4v) is 4.25. The van der Waals surface area contributed by atoms with Crippen LogP contribution in [0.2, 0.25) is 0 Å². The van der Waals surface area contributed by atoms with Gasteiger partial charge >= 0.3 is 5.97 Å². The van der Waals surface area contributed by atoms with Crippen LogP contribution in [0.4, 0.5) is 5.69 Å². The maximum absolute atomic E-state index is 11.7. The van der Waals surface area contributed by atoms with Gasteiger partial charge in [-0.1, -0.05) is 36.4 Å². The van der Waals surface area contributed by atoms with E-state index in [9.17, 15) is 9.59 Å². The summed E-state index contributed by atoms with van der Waals surface area (Å²) in [6, 6.07) is 20.3. The first kappa shape index (κ1) is 20.8. The first-order valence-electron chi connectivity index (χ1n) is 10.6. The lowest BCUT2D eigenvalue weighted by atomic mass is 9.84. The van der Waals surface area contributed by atoms with Gasteiger partial charge < -0.3 is 10.0 Å². The van der Waals surface area contributed by atoms with Gasteiger partial charge in [-0.05, 0) is 60.7 Å². The Bertz CT molecular complexity index is 1070. The summed E-state index contributed by atoms with van der Waals surface area (Å²) in [4.78, 5) is 29.1. The fraction of sp³-hybridized carbons (Fsp3) is 0.269. The van der Waals surface area contributed by atoms with E-state index in [0.717, 1.165) is 41.6 Å². The monoisotopic (exact) mass is 414 g/mol. The number of aliphatic carboxylic acids is 1. The number of aromatic nitrogens is 1. The quantitative estimate of drug-likeness (QED) is 0.550. The minimum atomic E-state index is -0.721. The smallest absolute Gasteiger partial charge is 0.310 e. The molecule has 1 aromatic heterocycles. The van der Waals surface area contributed by atoms with Crippen LogP contribution in [0.15, 0.2) is 66.9 Å². The molecule has 2 heterocycles. The number of aryl methyl sites for hydroxylation is 2. The molecule has 0 unspecified atom stereocenters. The highest BCUT2D eigenvalue weighted by Crippen LogP contribution is 2.32. The van der Waals surface area contributed by atoms with Gasteiger partial charge in [-0.15, -0.1) is 0 Å². The standard InChI is InChI=1S/C26H26N2O3/c1-18-14-20(12-13-27-18)25(24-5-3-2-4-21(24)17-29)11-8-19-6-9-23(10-7-19)28-15-22(16-28)26(30)31/h2-7,9-10,12-14,17,22,25H,8,11,15-16H2,1H3,(H,30,31)/t25-/m1/s1. The lowest BCUT2D eigenvalue weighted by Crippen LogP contribution is -2.50. The third-order valence-electron chi connectivity index (χ3n) is 6.08. The zero-order chi connectivity index (χ0) is 21.8. The molecule has 1 saturated heterocycles. The number of hydrogen-bond acceptors (Lipinski definition) is 4. The molecule has 1 aliphatic rings.